The van der Waals surface area contributed by atoms with Gasteiger partial charge in [0.15, 0.2) is 11.5 Å². The van der Waals surface area contributed by atoms with Crippen molar-refractivity contribution in [2.24, 2.45) is 0 Å². The van der Waals surface area contributed by atoms with Crippen LogP contribution in [-0.4, -0.2) is 58.5 Å². The van der Waals surface area contributed by atoms with E-state index >= 15 is 0 Å². The van der Waals surface area contributed by atoms with Gasteiger partial charge in [-0.15, -0.1) is 0 Å². The Morgan fingerprint density at radius 2 is 1.63 bits per heavy atom. The van der Waals surface area contributed by atoms with Crippen molar-refractivity contribution in [2.75, 3.05) is 31.6 Å². The fourth-order valence-corrected chi connectivity index (χ4v) is 6.19. The molecule has 0 bridgehead atoms. The van der Waals surface area contributed by atoms with Gasteiger partial charge in [0, 0.05) is 29.2 Å². The number of amides is 2. The predicted octanol–water partition coefficient (Wildman–Crippen LogP) is 5.85. The first-order chi connectivity index (χ1) is 20.4. The van der Waals surface area contributed by atoms with Crippen LogP contribution in [0.2, 0.25) is 10.0 Å². The molecule has 0 spiro atoms. The first-order valence-corrected chi connectivity index (χ1v) is 15.9. The summed E-state index contributed by atoms with van der Waals surface area (Å²) in [7, 11) is -1.44. The van der Waals surface area contributed by atoms with Crippen molar-refractivity contribution in [1.82, 2.24) is 10.2 Å². The average molecular weight is 651 g/mol. The number of unbranched alkanes of at least 4 members (excludes halogenated alkanes) is 1. The zero-order valence-corrected chi connectivity index (χ0v) is 27.2. The molecule has 0 aliphatic carbocycles. The minimum Gasteiger partial charge on any atom is -0.493 e. The van der Waals surface area contributed by atoms with Crippen molar-refractivity contribution in [3.05, 3.63) is 81.8 Å². The third-order valence-electron chi connectivity index (χ3n) is 6.90. The molecule has 0 radical (unpaired) electrons. The highest BCUT2D eigenvalue weighted by atomic mass is 35.5. The summed E-state index contributed by atoms with van der Waals surface area (Å²) in [6, 6.07) is 14.9. The van der Waals surface area contributed by atoms with E-state index in [0.29, 0.717) is 27.9 Å². The van der Waals surface area contributed by atoms with Gasteiger partial charge in [-0.3, -0.25) is 13.9 Å². The molecule has 0 saturated heterocycles. The van der Waals surface area contributed by atoms with Crippen LogP contribution in [0.3, 0.4) is 0 Å². The molecule has 232 valence electrons. The van der Waals surface area contributed by atoms with Crippen LogP contribution in [0.5, 0.6) is 11.5 Å². The van der Waals surface area contributed by atoms with Crippen molar-refractivity contribution in [2.45, 2.75) is 51.1 Å². The van der Waals surface area contributed by atoms with Gasteiger partial charge < -0.3 is 19.7 Å². The second-order valence-electron chi connectivity index (χ2n) is 9.94. The van der Waals surface area contributed by atoms with E-state index in [2.05, 4.69) is 5.32 Å². The summed E-state index contributed by atoms with van der Waals surface area (Å²) in [6.07, 6.45) is 1.66. The number of anilines is 1. The molecule has 3 rings (SSSR count). The van der Waals surface area contributed by atoms with Gasteiger partial charge in [-0.05, 0) is 62.2 Å². The van der Waals surface area contributed by atoms with Crippen molar-refractivity contribution >= 4 is 50.7 Å². The largest absolute Gasteiger partial charge is 0.493 e. The summed E-state index contributed by atoms with van der Waals surface area (Å²) in [5, 5.41) is 3.59. The van der Waals surface area contributed by atoms with E-state index in [1.165, 1.54) is 37.3 Å². The zero-order valence-electron chi connectivity index (χ0n) is 24.9. The van der Waals surface area contributed by atoms with E-state index in [9.17, 15) is 18.0 Å². The van der Waals surface area contributed by atoms with Crippen LogP contribution in [0.4, 0.5) is 5.69 Å². The first-order valence-electron chi connectivity index (χ1n) is 13.8. The van der Waals surface area contributed by atoms with Gasteiger partial charge in [-0.2, -0.15) is 0 Å². The number of ether oxygens (including phenoxy) is 2. The molecule has 0 saturated carbocycles. The lowest BCUT2D eigenvalue weighted by Gasteiger charge is -2.32. The number of carbonyl (C=O) groups is 2. The number of methoxy groups -OCH3 is 2. The second-order valence-corrected chi connectivity index (χ2v) is 12.6. The number of carbonyl (C=O) groups excluding carboxylic acids is 2. The van der Waals surface area contributed by atoms with Gasteiger partial charge in [0.1, 0.15) is 12.6 Å². The lowest BCUT2D eigenvalue weighted by atomic mass is 10.1. The maximum atomic E-state index is 14.1. The lowest BCUT2D eigenvalue weighted by Crippen LogP contribution is -2.51. The summed E-state index contributed by atoms with van der Waals surface area (Å²) in [5.41, 5.74) is 1.74. The number of nitrogens with one attached hydrogen (secondary N) is 1. The van der Waals surface area contributed by atoms with Gasteiger partial charge in [-0.1, -0.05) is 60.3 Å². The molecule has 0 heterocycles. The number of aryl methyl sites for hydroxylation is 1. The molecule has 3 aromatic carbocycles. The smallest absolute Gasteiger partial charge is 0.264 e. The zero-order chi connectivity index (χ0) is 31.7. The van der Waals surface area contributed by atoms with E-state index in [-0.39, 0.29) is 28.8 Å². The molecule has 2 amide bonds. The van der Waals surface area contributed by atoms with Gasteiger partial charge in [-0.25, -0.2) is 8.42 Å². The summed E-state index contributed by atoms with van der Waals surface area (Å²) < 4.78 is 39.8. The summed E-state index contributed by atoms with van der Waals surface area (Å²) in [4.78, 5) is 28.4. The van der Waals surface area contributed by atoms with Crippen molar-refractivity contribution in [3.63, 3.8) is 0 Å². The van der Waals surface area contributed by atoms with E-state index < -0.39 is 28.5 Å². The predicted molar refractivity (Wildman–Crippen MR) is 170 cm³/mol. The van der Waals surface area contributed by atoms with E-state index in [4.69, 9.17) is 32.7 Å². The Labute approximate surface area is 263 Å². The monoisotopic (exact) mass is 649 g/mol. The fraction of sp³-hybridized carbons (Fsp3) is 0.355. The molecule has 9 nitrogen and oxygen atoms in total. The van der Waals surface area contributed by atoms with Gasteiger partial charge in [0.2, 0.25) is 11.8 Å². The average Bonchev–Trinajstić information content (AvgIpc) is 2.99. The number of hydrogen-bond donors (Lipinski definition) is 1. The van der Waals surface area contributed by atoms with E-state index in [0.717, 1.165) is 22.7 Å². The molecule has 1 atom stereocenters. The Balaban J connectivity index is 2.06. The number of benzene rings is 3. The Hall–Kier alpha value is -3.47. The maximum Gasteiger partial charge on any atom is 0.264 e. The highest BCUT2D eigenvalue weighted by molar-refractivity contribution is 7.92. The molecule has 1 unspecified atom stereocenters. The quantitative estimate of drug-likeness (QED) is 0.220. The number of hydrogen-bond acceptors (Lipinski definition) is 6. The molecule has 43 heavy (non-hydrogen) atoms. The van der Waals surface area contributed by atoms with Crippen molar-refractivity contribution in [3.8, 4) is 11.5 Å². The summed E-state index contributed by atoms with van der Waals surface area (Å²) in [6.45, 7) is 5.30. The Bertz CT molecular complexity index is 1530. The van der Waals surface area contributed by atoms with Crippen LogP contribution >= 0.6 is 23.2 Å². The fourth-order valence-electron chi connectivity index (χ4n) is 4.30. The van der Waals surface area contributed by atoms with Gasteiger partial charge >= 0.3 is 0 Å². The first kappa shape index (κ1) is 34.0. The molecule has 3 aromatic rings. The van der Waals surface area contributed by atoms with Crippen molar-refractivity contribution < 1.29 is 27.5 Å². The molecule has 0 fully saturated rings. The topological polar surface area (TPSA) is 105 Å². The molecule has 1 N–H and O–H groups in total. The minimum absolute atomic E-state index is 0.0463. The Morgan fingerprint density at radius 1 is 0.953 bits per heavy atom. The number of sulfonamides is 1. The molecule has 0 aromatic heterocycles. The Kier molecular flexibility index (Phi) is 12.1. The van der Waals surface area contributed by atoms with Gasteiger partial charge in [0.05, 0.1) is 24.8 Å². The van der Waals surface area contributed by atoms with Crippen LogP contribution in [0.15, 0.2) is 65.6 Å². The maximum absolute atomic E-state index is 14.1. The Morgan fingerprint density at radius 3 is 2.23 bits per heavy atom. The van der Waals surface area contributed by atoms with Crippen molar-refractivity contribution in [1.29, 1.82) is 0 Å². The standard InChI is InChI=1S/C31H37Cl2N3O6S/c1-6-7-16-34-31(38)22(3)35(19-23-10-11-24(32)17-27(23)33)30(37)20-36(25-12-8-21(2)9-13-25)43(39,40)26-14-15-28(41-4)29(18-26)42-5/h8-15,17-18,22H,6-7,16,19-20H2,1-5H3,(H,34,38). The highest BCUT2D eigenvalue weighted by Crippen LogP contribution is 2.32. The van der Waals surface area contributed by atoms with E-state index in [1.54, 1.807) is 49.4 Å². The number of halogens is 2. The number of nitrogens with zero attached hydrogens (tertiary/aromatic N) is 2. The lowest BCUT2D eigenvalue weighted by molar-refractivity contribution is -0.139. The SMILES string of the molecule is CCCCNC(=O)C(C)N(Cc1ccc(Cl)cc1Cl)C(=O)CN(c1ccc(C)cc1)S(=O)(=O)c1ccc(OC)c(OC)c1. The minimum atomic E-state index is -4.30. The summed E-state index contributed by atoms with van der Waals surface area (Å²) in [5.74, 6) is -0.395. The second kappa shape index (κ2) is 15.3. The summed E-state index contributed by atoms with van der Waals surface area (Å²) >= 11 is 12.5. The van der Waals surface area contributed by atoms with Crippen LogP contribution in [0, 0.1) is 6.92 Å². The van der Waals surface area contributed by atoms with E-state index in [1.807, 2.05) is 13.8 Å². The number of rotatable bonds is 14. The third kappa shape index (κ3) is 8.55. The van der Waals surface area contributed by atoms with Crippen LogP contribution in [0.25, 0.3) is 0 Å². The molecule has 12 heteroatoms. The van der Waals surface area contributed by atoms with Crippen LogP contribution in [-0.2, 0) is 26.2 Å². The molecular formula is C31H37Cl2N3O6S. The van der Waals surface area contributed by atoms with Crippen LogP contribution in [0.1, 0.15) is 37.8 Å². The highest BCUT2D eigenvalue weighted by Gasteiger charge is 2.33. The molecule has 0 aliphatic heterocycles. The molecule has 0 aliphatic rings. The normalized spacial score (nSPS) is 11.9. The molecular weight excluding hydrogens is 613 g/mol. The van der Waals surface area contributed by atoms with Crippen LogP contribution < -0.4 is 19.1 Å². The third-order valence-corrected chi connectivity index (χ3v) is 9.25. The van der Waals surface area contributed by atoms with Gasteiger partial charge in [0.25, 0.3) is 10.0 Å².